The van der Waals surface area contributed by atoms with Gasteiger partial charge in [-0.25, -0.2) is 0 Å². The lowest BCUT2D eigenvalue weighted by Gasteiger charge is -2.06. The highest BCUT2D eigenvalue weighted by Gasteiger charge is 2.03. The van der Waals surface area contributed by atoms with Crippen LogP contribution >= 0.6 is 11.6 Å². The molecule has 0 unspecified atom stereocenters. The molecule has 0 heterocycles. The zero-order chi connectivity index (χ0) is 13.4. The largest absolute Gasteiger partial charge is 0.355 e. The Morgan fingerprint density at radius 1 is 1.22 bits per heavy atom. The van der Waals surface area contributed by atoms with Crippen LogP contribution in [0.2, 0.25) is 0 Å². The summed E-state index contributed by atoms with van der Waals surface area (Å²) in [5.74, 6) is -0.431. The number of amides is 2. The van der Waals surface area contributed by atoms with Gasteiger partial charge in [0.05, 0.1) is 0 Å². The fraction of sp³-hybridized carbons (Fsp3) is 0.385. The molecule has 0 fully saturated rings. The van der Waals surface area contributed by atoms with Crippen LogP contribution in [0.1, 0.15) is 17.5 Å². The maximum atomic E-state index is 11.5. The number of alkyl halides is 1. The van der Waals surface area contributed by atoms with Crippen LogP contribution in [0.25, 0.3) is 0 Å². The van der Waals surface area contributed by atoms with E-state index < -0.39 is 0 Å². The maximum Gasteiger partial charge on any atom is 0.234 e. The number of rotatable bonds is 6. The van der Waals surface area contributed by atoms with Gasteiger partial charge in [-0.3, -0.25) is 9.59 Å². The Morgan fingerprint density at radius 2 is 2.00 bits per heavy atom. The zero-order valence-electron chi connectivity index (χ0n) is 10.3. The van der Waals surface area contributed by atoms with Crippen molar-refractivity contribution in [2.24, 2.45) is 0 Å². The normalized spacial score (nSPS) is 9.89. The molecule has 98 valence electrons. The molecule has 1 rings (SSSR count). The molecule has 18 heavy (non-hydrogen) atoms. The third-order valence-electron chi connectivity index (χ3n) is 2.37. The monoisotopic (exact) mass is 268 g/mol. The van der Waals surface area contributed by atoms with Crippen molar-refractivity contribution >= 4 is 23.4 Å². The van der Waals surface area contributed by atoms with Gasteiger partial charge < -0.3 is 10.6 Å². The lowest BCUT2D eigenvalue weighted by molar-refractivity contribution is -0.121. The summed E-state index contributed by atoms with van der Waals surface area (Å²) in [6, 6.07) is 7.95. The Kier molecular flexibility index (Phi) is 6.22. The smallest absolute Gasteiger partial charge is 0.234 e. The Morgan fingerprint density at radius 3 is 2.67 bits per heavy atom. The van der Waals surface area contributed by atoms with Gasteiger partial charge in [-0.2, -0.15) is 0 Å². The summed E-state index contributed by atoms with van der Waals surface area (Å²) >= 11 is 5.31. The molecule has 5 heteroatoms. The topological polar surface area (TPSA) is 58.2 Å². The average Bonchev–Trinajstić information content (AvgIpc) is 2.36. The highest BCUT2D eigenvalue weighted by atomic mass is 35.5. The number of aryl methyl sites for hydroxylation is 1. The second kappa shape index (κ2) is 7.71. The number of carbonyl (C=O) groups is 2. The van der Waals surface area contributed by atoms with Crippen LogP contribution in [0.15, 0.2) is 24.3 Å². The summed E-state index contributed by atoms with van der Waals surface area (Å²) in [5.41, 5.74) is 2.23. The maximum absolute atomic E-state index is 11.5. The molecule has 1 aromatic rings. The van der Waals surface area contributed by atoms with Crippen LogP contribution in [0.4, 0.5) is 0 Å². The van der Waals surface area contributed by atoms with E-state index in [2.05, 4.69) is 10.6 Å². The van der Waals surface area contributed by atoms with Crippen molar-refractivity contribution < 1.29 is 9.59 Å². The van der Waals surface area contributed by atoms with E-state index in [-0.39, 0.29) is 24.1 Å². The van der Waals surface area contributed by atoms with Gasteiger partial charge in [-0.1, -0.05) is 29.8 Å². The first-order valence-electron chi connectivity index (χ1n) is 5.76. The minimum Gasteiger partial charge on any atom is -0.355 e. The van der Waals surface area contributed by atoms with E-state index >= 15 is 0 Å². The first-order chi connectivity index (χ1) is 8.61. The van der Waals surface area contributed by atoms with Gasteiger partial charge in [0.2, 0.25) is 11.8 Å². The summed E-state index contributed by atoms with van der Waals surface area (Å²) in [6.45, 7) is 2.82. The van der Waals surface area contributed by atoms with Crippen molar-refractivity contribution in [2.75, 3.05) is 12.4 Å². The van der Waals surface area contributed by atoms with Gasteiger partial charge >= 0.3 is 0 Å². The molecule has 0 aliphatic carbocycles. The fourth-order valence-electron chi connectivity index (χ4n) is 1.47. The third kappa shape index (κ3) is 5.68. The van der Waals surface area contributed by atoms with Crippen molar-refractivity contribution in [3.8, 4) is 0 Å². The van der Waals surface area contributed by atoms with Crippen LogP contribution < -0.4 is 10.6 Å². The fourth-order valence-corrected chi connectivity index (χ4v) is 1.57. The van der Waals surface area contributed by atoms with E-state index in [0.29, 0.717) is 13.1 Å². The Balaban J connectivity index is 2.23. The van der Waals surface area contributed by atoms with E-state index in [4.69, 9.17) is 11.6 Å². The minimum absolute atomic E-state index is 0.0785. The number of hydrogen-bond acceptors (Lipinski definition) is 2. The highest BCUT2D eigenvalue weighted by Crippen LogP contribution is 2.03. The summed E-state index contributed by atoms with van der Waals surface area (Å²) in [4.78, 5) is 22.3. The summed E-state index contributed by atoms with van der Waals surface area (Å²) in [6.07, 6.45) is 0.258. The van der Waals surface area contributed by atoms with Gasteiger partial charge in [0.15, 0.2) is 0 Å². The number of benzene rings is 1. The average molecular weight is 269 g/mol. The van der Waals surface area contributed by atoms with Crippen molar-refractivity contribution in [3.05, 3.63) is 35.4 Å². The van der Waals surface area contributed by atoms with Crippen molar-refractivity contribution in [3.63, 3.8) is 0 Å². The zero-order valence-corrected chi connectivity index (χ0v) is 11.1. The van der Waals surface area contributed by atoms with Gasteiger partial charge in [-0.05, 0) is 12.5 Å². The van der Waals surface area contributed by atoms with Gasteiger partial charge in [0.1, 0.15) is 5.88 Å². The van der Waals surface area contributed by atoms with Crippen molar-refractivity contribution in [1.29, 1.82) is 0 Å². The molecule has 0 bridgehead atoms. The predicted molar refractivity (Wildman–Crippen MR) is 71.4 cm³/mol. The SMILES string of the molecule is Cc1cccc(CNC(=O)CCNC(=O)CCl)c1. The van der Waals surface area contributed by atoms with Crippen molar-refractivity contribution in [2.45, 2.75) is 19.9 Å². The number of carbonyl (C=O) groups excluding carboxylic acids is 2. The Bertz CT molecular complexity index is 421. The standard InChI is InChI=1S/C13H17ClN2O2/c1-10-3-2-4-11(7-10)9-16-12(17)5-6-15-13(18)8-14/h2-4,7H,5-6,8-9H2,1H3,(H,15,18)(H,16,17). The van der Waals surface area contributed by atoms with E-state index in [1.54, 1.807) is 0 Å². The van der Waals surface area contributed by atoms with E-state index in [9.17, 15) is 9.59 Å². The number of halogens is 1. The van der Waals surface area contributed by atoms with Crippen LogP contribution in [0.3, 0.4) is 0 Å². The second-order valence-electron chi connectivity index (χ2n) is 4.00. The predicted octanol–water partition coefficient (Wildman–Crippen LogP) is 1.36. The quantitative estimate of drug-likeness (QED) is 0.766. The minimum atomic E-state index is -0.261. The number of hydrogen-bond donors (Lipinski definition) is 2. The first kappa shape index (κ1) is 14.5. The highest BCUT2D eigenvalue weighted by molar-refractivity contribution is 6.27. The molecule has 2 amide bonds. The first-order valence-corrected chi connectivity index (χ1v) is 6.30. The molecule has 0 aliphatic heterocycles. The molecule has 4 nitrogen and oxygen atoms in total. The van der Waals surface area contributed by atoms with Crippen molar-refractivity contribution in [1.82, 2.24) is 10.6 Å². The molecule has 0 radical (unpaired) electrons. The Labute approximate surface area is 112 Å². The molecule has 0 saturated heterocycles. The molecular formula is C13H17ClN2O2. The Hall–Kier alpha value is -1.55. The van der Waals surface area contributed by atoms with E-state index in [1.165, 1.54) is 0 Å². The van der Waals surface area contributed by atoms with E-state index in [0.717, 1.165) is 11.1 Å². The van der Waals surface area contributed by atoms with Crippen LogP contribution in [0, 0.1) is 6.92 Å². The van der Waals surface area contributed by atoms with Gasteiger partial charge in [0, 0.05) is 19.5 Å². The molecule has 0 aromatic heterocycles. The van der Waals surface area contributed by atoms with Crippen LogP contribution in [0.5, 0.6) is 0 Å². The summed E-state index contributed by atoms with van der Waals surface area (Å²) in [5, 5.41) is 5.33. The molecule has 1 aromatic carbocycles. The molecule has 0 atom stereocenters. The van der Waals surface area contributed by atoms with Crippen LogP contribution in [-0.2, 0) is 16.1 Å². The van der Waals surface area contributed by atoms with E-state index in [1.807, 2.05) is 31.2 Å². The molecular weight excluding hydrogens is 252 g/mol. The lowest BCUT2D eigenvalue weighted by atomic mass is 10.1. The number of nitrogens with one attached hydrogen (secondary N) is 2. The third-order valence-corrected chi connectivity index (χ3v) is 2.61. The second-order valence-corrected chi connectivity index (χ2v) is 4.27. The molecule has 0 aliphatic rings. The summed E-state index contributed by atoms with van der Waals surface area (Å²) < 4.78 is 0. The van der Waals surface area contributed by atoms with Gasteiger partial charge in [0.25, 0.3) is 0 Å². The molecule has 0 saturated carbocycles. The lowest BCUT2D eigenvalue weighted by Crippen LogP contribution is -2.31. The molecule has 0 spiro atoms. The van der Waals surface area contributed by atoms with Crippen LogP contribution in [-0.4, -0.2) is 24.2 Å². The molecule has 2 N–H and O–H groups in total. The summed E-state index contributed by atoms with van der Waals surface area (Å²) in [7, 11) is 0. The van der Waals surface area contributed by atoms with Gasteiger partial charge in [-0.15, -0.1) is 11.6 Å².